The van der Waals surface area contributed by atoms with Crippen LogP contribution in [0.2, 0.25) is 5.02 Å². The Morgan fingerprint density at radius 2 is 2.11 bits per heavy atom. The minimum atomic E-state index is -0.738. The number of aromatic nitrogens is 5. The number of benzene rings is 1. The highest BCUT2D eigenvalue weighted by Crippen LogP contribution is 2.32. The summed E-state index contributed by atoms with van der Waals surface area (Å²) in [6.07, 6.45) is 3.02. The third-order valence-corrected chi connectivity index (χ3v) is 7.45. The Hall–Kier alpha value is -3.87. The Labute approximate surface area is 227 Å². The number of hydrogen-bond donors (Lipinski definition) is 3. The van der Waals surface area contributed by atoms with E-state index in [2.05, 4.69) is 30.8 Å². The maximum atomic E-state index is 13.4. The van der Waals surface area contributed by atoms with Gasteiger partial charge in [0.25, 0.3) is 5.91 Å². The zero-order valence-electron chi connectivity index (χ0n) is 20.8. The molecule has 0 bridgehead atoms. The van der Waals surface area contributed by atoms with Gasteiger partial charge in [0.1, 0.15) is 6.04 Å². The van der Waals surface area contributed by atoms with Gasteiger partial charge in [-0.3, -0.25) is 9.59 Å². The number of fused-ring (bicyclic) bond motifs is 1. The van der Waals surface area contributed by atoms with Crippen molar-refractivity contribution in [3.8, 4) is 11.3 Å². The van der Waals surface area contributed by atoms with Gasteiger partial charge >= 0.3 is 0 Å². The Morgan fingerprint density at radius 1 is 1.29 bits per heavy atom. The van der Waals surface area contributed by atoms with Crippen molar-refractivity contribution in [2.24, 2.45) is 7.05 Å². The minimum Gasteiger partial charge on any atom is -0.394 e. The van der Waals surface area contributed by atoms with Crippen LogP contribution in [0.3, 0.4) is 0 Å². The van der Waals surface area contributed by atoms with Crippen LogP contribution in [0.1, 0.15) is 39.3 Å². The molecule has 2 amide bonds. The summed E-state index contributed by atoms with van der Waals surface area (Å²) < 4.78 is 0. The van der Waals surface area contributed by atoms with Crippen molar-refractivity contribution in [2.45, 2.75) is 32.5 Å². The molecule has 1 aromatic carbocycles. The summed E-state index contributed by atoms with van der Waals surface area (Å²) in [6.45, 7) is 3.70. The Balaban J connectivity index is 1.33. The van der Waals surface area contributed by atoms with E-state index in [4.69, 9.17) is 11.6 Å². The van der Waals surface area contributed by atoms with Crippen LogP contribution in [-0.2, 0) is 18.4 Å². The molecule has 0 saturated carbocycles. The minimum absolute atomic E-state index is 0.237. The van der Waals surface area contributed by atoms with E-state index < -0.39 is 12.1 Å². The second kappa shape index (κ2) is 10.5. The maximum Gasteiger partial charge on any atom is 0.255 e. The first kappa shape index (κ1) is 25.8. The van der Waals surface area contributed by atoms with Gasteiger partial charge in [-0.15, -0.1) is 16.4 Å². The molecule has 0 spiro atoms. The molecular weight excluding hydrogens is 528 g/mol. The van der Waals surface area contributed by atoms with Crippen LogP contribution in [0.5, 0.6) is 0 Å². The van der Waals surface area contributed by atoms with Crippen molar-refractivity contribution < 1.29 is 14.7 Å². The first-order valence-corrected chi connectivity index (χ1v) is 13.1. The van der Waals surface area contributed by atoms with Crippen molar-refractivity contribution in [1.29, 1.82) is 0 Å². The van der Waals surface area contributed by atoms with E-state index in [1.54, 1.807) is 37.6 Å². The van der Waals surface area contributed by atoms with Crippen molar-refractivity contribution in [3.63, 3.8) is 0 Å². The van der Waals surface area contributed by atoms with Crippen LogP contribution in [-0.4, -0.2) is 59.4 Å². The molecule has 1 aliphatic rings. The van der Waals surface area contributed by atoms with E-state index in [0.717, 1.165) is 16.0 Å². The Morgan fingerprint density at radius 3 is 2.79 bits per heavy atom. The predicted molar refractivity (Wildman–Crippen MR) is 143 cm³/mol. The lowest BCUT2D eigenvalue weighted by Gasteiger charge is -2.25. The molecule has 13 heteroatoms. The molecule has 0 unspecified atom stereocenters. The second-order valence-electron chi connectivity index (χ2n) is 8.95. The monoisotopic (exact) mass is 552 g/mol. The highest BCUT2D eigenvalue weighted by molar-refractivity contribution is 7.10. The number of halogens is 1. The summed E-state index contributed by atoms with van der Waals surface area (Å²) in [5, 5.41) is 26.1. The molecule has 4 heterocycles. The smallest absolute Gasteiger partial charge is 0.255 e. The topological polar surface area (TPSA) is 138 Å². The molecule has 5 rings (SSSR count). The number of aliphatic hydroxyl groups is 1. The molecule has 0 aliphatic carbocycles. The molecule has 3 N–H and O–H groups in total. The number of amides is 2. The Kier molecular flexibility index (Phi) is 7.11. The molecule has 3 aromatic heterocycles. The lowest BCUT2D eigenvalue weighted by atomic mass is 10.0. The molecule has 2 atom stereocenters. The number of carbonyl (C=O) groups is 2. The first-order chi connectivity index (χ1) is 18.2. The number of nitrogens with zero attached hydrogens (tertiary/aromatic N) is 6. The van der Waals surface area contributed by atoms with Gasteiger partial charge in [0, 0.05) is 29.6 Å². The fraction of sp³-hybridized carbons (Fsp3) is 0.280. The molecule has 196 valence electrons. The highest BCUT2D eigenvalue weighted by atomic mass is 35.5. The van der Waals surface area contributed by atoms with E-state index in [0.29, 0.717) is 34.2 Å². The van der Waals surface area contributed by atoms with Crippen molar-refractivity contribution in [1.82, 2.24) is 35.2 Å². The summed E-state index contributed by atoms with van der Waals surface area (Å²) in [7, 11) is 1.70. The average Bonchev–Trinajstić information content (AvgIpc) is 3.61. The van der Waals surface area contributed by atoms with Gasteiger partial charge in [0.2, 0.25) is 11.9 Å². The van der Waals surface area contributed by atoms with Crippen LogP contribution in [0.15, 0.2) is 42.0 Å². The first-order valence-electron chi connectivity index (χ1n) is 11.8. The van der Waals surface area contributed by atoms with Crippen molar-refractivity contribution in [2.75, 3.05) is 11.9 Å². The van der Waals surface area contributed by atoms with Gasteiger partial charge in [-0.05, 0) is 42.5 Å². The fourth-order valence-corrected chi connectivity index (χ4v) is 5.20. The molecule has 0 fully saturated rings. The number of carbonyl (C=O) groups excluding carboxylic acids is 2. The quantitative estimate of drug-likeness (QED) is 0.303. The number of rotatable bonds is 8. The van der Waals surface area contributed by atoms with Gasteiger partial charge in [-0.2, -0.15) is 9.90 Å². The SMILES string of the molecule is Cc1cc([C@@H](CO)NC(=O)[C@@H](C)N2Cc3ccc(-c4nc(Nc5cnn(C)n5)ncc4Cl)cc3C2=O)cs1. The molecule has 0 saturated heterocycles. The summed E-state index contributed by atoms with van der Waals surface area (Å²) in [5.41, 5.74) is 3.20. The van der Waals surface area contributed by atoms with Crippen LogP contribution in [0, 0.1) is 6.92 Å². The van der Waals surface area contributed by atoms with E-state index in [1.165, 1.54) is 15.9 Å². The third-order valence-electron chi connectivity index (χ3n) is 6.30. The van der Waals surface area contributed by atoms with Gasteiger partial charge in [0.05, 0.1) is 35.8 Å². The van der Waals surface area contributed by atoms with E-state index in [9.17, 15) is 14.7 Å². The zero-order valence-corrected chi connectivity index (χ0v) is 22.4. The number of aliphatic hydroxyl groups excluding tert-OH is 1. The van der Waals surface area contributed by atoms with Crippen LogP contribution in [0.4, 0.5) is 11.8 Å². The molecular formula is C25H25ClN8O3S. The van der Waals surface area contributed by atoms with Gasteiger partial charge in [0.15, 0.2) is 5.82 Å². The second-order valence-corrected chi connectivity index (χ2v) is 10.5. The lowest BCUT2D eigenvalue weighted by molar-refractivity contribution is -0.126. The molecule has 1 aliphatic heterocycles. The molecule has 0 radical (unpaired) electrons. The van der Waals surface area contributed by atoms with E-state index in [-0.39, 0.29) is 24.4 Å². The summed E-state index contributed by atoms with van der Waals surface area (Å²) >= 11 is 7.95. The predicted octanol–water partition coefficient (Wildman–Crippen LogP) is 3.23. The molecule has 11 nitrogen and oxygen atoms in total. The number of nitrogens with one attached hydrogen (secondary N) is 2. The summed E-state index contributed by atoms with van der Waals surface area (Å²) in [6, 6.07) is 6.06. The van der Waals surface area contributed by atoms with Gasteiger partial charge < -0.3 is 20.6 Å². The lowest BCUT2D eigenvalue weighted by Crippen LogP contribution is -2.46. The maximum absolute atomic E-state index is 13.4. The zero-order chi connectivity index (χ0) is 27.0. The van der Waals surface area contributed by atoms with Crippen LogP contribution >= 0.6 is 22.9 Å². The highest BCUT2D eigenvalue weighted by Gasteiger charge is 2.35. The van der Waals surface area contributed by atoms with E-state index in [1.807, 2.05) is 30.5 Å². The number of thiophene rings is 1. The van der Waals surface area contributed by atoms with Gasteiger partial charge in [-0.25, -0.2) is 9.97 Å². The van der Waals surface area contributed by atoms with E-state index >= 15 is 0 Å². The molecule has 4 aromatic rings. The number of aryl methyl sites for hydroxylation is 2. The van der Waals surface area contributed by atoms with Crippen molar-refractivity contribution in [3.05, 3.63) is 68.6 Å². The number of hydrogen-bond acceptors (Lipinski definition) is 9. The summed E-state index contributed by atoms with van der Waals surface area (Å²) in [5.74, 6) is 0.153. The fourth-order valence-electron chi connectivity index (χ4n) is 4.25. The number of anilines is 2. The van der Waals surface area contributed by atoms with Gasteiger partial charge in [-0.1, -0.05) is 23.7 Å². The van der Waals surface area contributed by atoms with Crippen LogP contribution in [0.25, 0.3) is 11.3 Å². The largest absolute Gasteiger partial charge is 0.394 e. The third kappa shape index (κ3) is 5.10. The van der Waals surface area contributed by atoms with Crippen molar-refractivity contribution >= 4 is 46.5 Å². The Bertz CT molecular complexity index is 1520. The molecule has 38 heavy (non-hydrogen) atoms. The summed E-state index contributed by atoms with van der Waals surface area (Å²) in [4.78, 5) is 39.1. The normalized spacial score (nSPS) is 14.3. The average molecular weight is 553 g/mol. The van der Waals surface area contributed by atoms with Crippen LogP contribution < -0.4 is 10.6 Å². The standard InChI is InChI=1S/C25H25ClN8O3S/c1-13-6-17(12-38-13)20(11-35)29-23(36)14(2)34-10-16-5-4-15(7-18(16)24(34)37)22-19(26)8-27-25(31-22)30-21-9-28-33(3)32-21/h4-9,12,14,20,35H,10-11H2,1-3H3,(H,29,36)(H,27,30,31,32)/t14-,20-/m1/s1.